The summed E-state index contributed by atoms with van der Waals surface area (Å²) in [6, 6.07) is 9.28. The van der Waals surface area contributed by atoms with Crippen molar-refractivity contribution >= 4 is 41.6 Å². The summed E-state index contributed by atoms with van der Waals surface area (Å²) in [6.07, 6.45) is 1.05. The van der Waals surface area contributed by atoms with Gasteiger partial charge < -0.3 is 10.6 Å². The van der Waals surface area contributed by atoms with Crippen molar-refractivity contribution in [3.8, 4) is 22.9 Å². The van der Waals surface area contributed by atoms with Gasteiger partial charge in [0.25, 0.3) is 16.0 Å². The second-order valence-electron chi connectivity index (χ2n) is 9.48. The van der Waals surface area contributed by atoms with Gasteiger partial charge in [-0.1, -0.05) is 42.9 Å². The van der Waals surface area contributed by atoms with Gasteiger partial charge in [-0.25, -0.2) is 14.6 Å². The van der Waals surface area contributed by atoms with Gasteiger partial charge in [-0.2, -0.15) is 8.42 Å². The van der Waals surface area contributed by atoms with Crippen LogP contribution in [0.1, 0.15) is 25.6 Å². The maximum absolute atomic E-state index is 13.0. The van der Waals surface area contributed by atoms with Crippen molar-refractivity contribution in [2.75, 3.05) is 16.9 Å². The summed E-state index contributed by atoms with van der Waals surface area (Å²) in [5.74, 6) is 2.51. The lowest BCUT2D eigenvalue weighted by atomic mass is 10.2. The molecule has 0 radical (unpaired) electrons. The predicted octanol–water partition coefficient (Wildman–Crippen LogP) is 2.47. The van der Waals surface area contributed by atoms with E-state index in [1.165, 1.54) is 23.9 Å². The number of amides is 2. The first-order valence-corrected chi connectivity index (χ1v) is 16.9. The Kier molecular flexibility index (Phi) is 8.77. The van der Waals surface area contributed by atoms with E-state index in [2.05, 4.69) is 66.2 Å². The molecule has 2 amide bonds. The summed E-state index contributed by atoms with van der Waals surface area (Å²) in [6.45, 7) is 9.36. The highest BCUT2D eigenvalue weighted by molar-refractivity contribution is 7.86. The molecule has 14 heteroatoms. The van der Waals surface area contributed by atoms with Crippen LogP contribution in [0, 0.1) is 11.5 Å². The molecule has 200 valence electrons. The monoisotopic (exact) mass is 555 g/mol. The maximum atomic E-state index is 13.0. The first-order valence-electron chi connectivity index (χ1n) is 11.6. The smallest absolute Gasteiger partial charge is 0.265 e. The van der Waals surface area contributed by atoms with Crippen LogP contribution in [0.5, 0.6) is 0 Å². The van der Waals surface area contributed by atoms with Gasteiger partial charge in [0.15, 0.2) is 6.10 Å². The van der Waals surface area contributed by atoms with E-state index in [0.717, 1.165) is 6.26 Å². The molecule has 0 aromatic carbocycles. The number of carbonyl (C=O) groups excluding carboxylic acids is 2. The number of anilines is 2. The van der Waals surface area contributed by atoms with Crippen molar-refractivity contribution in [2.24, 2.45) is 0 Å². The summed E-state index contributed by atoms with van der Waals surface area (Å²) in [7, 11) is -5.39. The quantitative estimate of drug-likeness (QED) is 0.242. The van der Waals surface area contributed by atoms with Crippen LogP contribution in [-0.4, -0.2) is 65.6 Å². The Morgan fingerprint density at radius 1 is 1.00 bits per heavy atom. The topological polar surface area (TPSA) is 158 Å². The van der Waals surface area contributed by atoms with Crippen LogP contribution in [0.25, 0.3) is 11.4 Å². The van der Waals surface area contributed by atoms with Gasteiger partial charge in [-0.15, -0.1) is 10.6 Å². The zero-order valence-corrected chi connectivity index (χ0v) is 23.7. The van der Waals surface area contributed by atoms with Crippen LogP contribution in [0.2, 0.25) is 19.6 Å². The summed E-state index contributed by atoms with van der Waals surface area (Å²) < 4.78 is 28.7. The van der Waals surface area contributed by atoms with E-state index < -0.39 is 36.2 Å². The third-order valence-corrected chi connectivity index (χ3v) is 6.35. The fraction of sp³-hybridized carbons (Fsp3) is 0.333. The molecule has 0 bridgehead atoms. The van der Waals surface area contributed by atoms with Crippen molar-refractivity contribution in [1.29, 1.82) is 0 Å². The molecule has 2 N–H and O–H groups in total. The summed E-state index contributed by atoms with van der Waals surface area (Å²) in [5.41, 5.74) is 4.62. The number of hydrogen-bond donors (Lipinski definition) is 2. The van der Waals surface area contributed by atoms with Crippen LogP contribution in [0.15, 0.2) is 42.6 Å². The zero-order valence-electron chi connectivity index (χ0n) is 21.9. The van der Waals surface area contributed by atoms with E-state index >= 15 is 0 Å². The minimum Gasteiger partial charge on any atom is -0.309 e. The third-order valence-electron chi connectivity index (χ3n) is 4.84. The van der Waals surface area contributed by atoms with Gasteiger partial charge in [-0.05, 0) is 38.1 Å². The van der Waals surface area contributed by atoms with Crippen molar-refractivity contribution in [3.05, 3.63) is 48.3 Å². The summed E-state index contributed by atoms with van der Waals surface area (Å²) >= 11 is 0. The van der Waals surface area contributed by atoms with Gasteiger partial charge in [-0.3, -0.25) is 13.8 Å². The molecule has 3 aromatic heterocycles. The van der Waals surface area contributed by atoms with E-state index in [1.807, 2.05) is 0 Å². The number of hydrogen-bond acceptors (Lipinski definition) is 9. The van der Waals surface area contributed by atoms with E-state index in [1.54, 1.807) is 37.3 Å². The number of aromatic nitrogens is 5. The normalized spacial score (nSPS) is 13.1. The number of pyridine rings is 2. The second-order valence-corrected chi connectivity index (χ2v) is 15.8. The molecule has 0 aliphatic heterocycles. The molecule has 0 saturated heterocycles. The minimum atomic E-state index is -3.81. The van der Waals surface area contributed by atoms with Crippen LogP contribution in [0.3, 0.4) is 0 Å². The number of nitrogens with zero attached hydrogens (tertiary/aromatic N) is 5. The van der Waals surface area contributed by atoms with Gasteiger partial charge in [0, 0.05) is 0 Å². The van der Waals surface area contributed by atoms with Gasteiger partial charge >= 0.3 is 0 Å². The number of rotatable bonds is 8. The lowest BCUT2D eigenvalue weighted by Crippen LogP contribution is -2.30. The molecule has 2 atom stereocenters. The van der Waals surface area contributed by atoms with Crippen LogP contribution in [0.4, 0.5) is 11.6 Å². The highest BCUT2D eigenvalue weighted by atomic mass is 32.2. The molecule has 3 aromatic rings. The first kappa shape index (κ1) is 28.6. The molecule has 0 unspecified atom stereocenters. The van der Waals surface area contributed by atoms with Crippen LogP contribution < -0.4 is 10.6 Å². The molecular formula is C24H29N7O5SSi. The Hall–Kier alpha value is -3.93. The predicted molar refractivity (Wildman–Crippen MR) is 145 cm³/mol. The highest BCUT2D eigenvalue weighted by Crippen LogP contribution is 2.22. The lowest BCUT2D eigenvalue weighted by Gasteiger charge is -2.15. The average Bonchev–Trinajstić information content (AvgIpc) is 3.31. The van der Waals surface area contributed by atoms with Crippen molar-refractivity contribution in [1.82, 2.24) is 25.0 Å². The summed E-state index contributed by atoms with van der Waals surface area (Å²) in [4.78, 5) is 34.1. The molecule has 0 fully saturated rings. The molecule has 3 rings (SSSR count). The van der Waals surface area contributed by atoms with Crippen LogP contribution in [-0.2, 0) is 23.9 Å². The molecular weight excluding hydrogens is 526 g/mol. The molecule has 0 saturated carbocycles. The fourth-order valence-corrected chi connectivity index (χ4v) is 4.18. The van der Waals surface area contributed by atoms with E-state index in [-0.39, 0.29) is 11.7 Å². The second kappa shape index (κ2) is 11.6. The lowest BCUT2D eigenvalue weighted by molar-refractivity contribution is -0.122. The molecule has 0 aliphatic rings. The Balaban J connectivity index is 1.76. The standard InChI is InChI=1S/C24H29N7O5SSi/c1-16(23(32)28-21-11-7-9-18(26-21)13-14-38(4,5)6)31-20(15-25-30-31)19-10-8-12-22(27-19)29-24(33)17(2)36-37(3,34)35/h7-12,15-17H,1-6H3,(H,26,28,32)(H,27,29,33)/t16-,17+/m1/s1. The third kappa shape index (κ3) is 8.30. The van der Waals surface area contributed by atoms with Crippen LogP contribution >= 0.6 is 0 Å². The van der Waals surface area contributed by atoms with E-state index in [0.29, 0.717) is 22.9 Å². The molecule has 38 heavy (non-hydrogen) atoms. The highest BCUT2D eigenvalue weighted by Gasteiger charge is 2.22. The number of nitrogens with one attached hydrogen (secondary N) is 2. The van der Waals surface area contributed by atoms with Crippen molar-refractivity contribution in [3.63, 3.8) is 0 Å². The SMILES string of the molecule is C[C@H](OS(C)(=O)=O)C(=O)Nc1cccc(-c2cnnn2[C@H](C)C(=O)Nc2cccc(C#C[Si](C)(C)C)n2)n1. The maximum Gasteiger partial charge on any atom is 0.265 e. The Labute approximate surface area is 222 Å². The molecule has 0 aliphatic carbocycles. The summed E-state index contributed by atoms with van der Waals surface area (Å²) in [5, 5.41) is 13.2. The molecule has 12 nitrogen and oxygen atoms in total. The first-order chi connectivity index (χ1) is 17.7. The van der Waals surface area contributed by atoms with Gasteiger partial charge in [0.2, 0.25) is 5.91 Å². The Morgan fingerprint density at radius 3 is 2.29 bits per heavy atom. The zero-order chi connectivity index (χ0) is 28.1. The largest absolute Gasteiger partial charge is 0.309 e. The molecule has 3 heterocycles. The average molecular weight is 556 g/mol. The van der Waals surface area contributed by atoms with Gasteiger partial charge in [0.1, 0.15) is 37.1 Å². The molecule has 0 spiro atoms. The van der Waals surface area contributed by atoms with Crippen molar-refractivity contribution < 1.29 is 22.2 Å². The van der Waals surface area contributed by atoms with E-state index in [4.69, 9.17) is 0 Å². The number of carbonyl (C=O) groups is 2. The fourth-order valence-electron chi connectivity index (χ4n) is 3.06. The minimum absolute atomic E-state index is 0.154. The van der Waals surface area contributed by atoms with Crippen molar-refractivity contribution in [2.45, 2.75) is 45.6 Å². The van der Waals surface area contributed by atoms with E-state index in [9.17, 15) is 18.0 Å². The van der Waals surface area contributed by atoms with Gasteiger partial charge in [0.05, 0.1) is 18.1 Å². The Morgan fingerprint density at radius 2 is 1.63 bits per heavy atom. The Bertz CT molecular complexity index is 1510.